The second kappa shape index (κ2) is 4.94. The van der Waals surface area contributed by atoms with Crippen LogP contribution < -0.4 is 0 Å². The van der Waals surface area contributed by atoms with Gasteiger partial charge in [-0.05, 0) is 13.0 Å². The maximum absolute atomic E-state index is 6.06. The summed E-state index contributed by atoms with van der Waals surface area (Å²) < 4.78 is 0. The van der Waals surface area contributed by atoms with Gasteiger partial charge < -0.3 is 0 Å². The van der Waals surface area contributed by atoms with Crippen LogP contribution in [-0.4, -0.2) is 15.0 Å². The minimum Gasteiger partial charge on any atom is -0.246 e. The molecule has 0 unspecified atom stereocenters. The zero-order valence-electron chi connectivity index (χ0n) is 11.0. The number of hydrogen-bond donors (Lipinski definition) is 0. The van der Waals surface area contributed by atoms with Gasteiger partial charge in [0.05, 0.1) is 12.1 Å². The van der Waals surface area contributed by atoms with E-state index in [2.05, 4.69) is 35.7 Å². The molecule has 0 aromatic carbocycles. The van der Waals surface area contributed by atoms with Gasteiger partial charge in [0.25, 0.3) is 0 Å². The van der Waals surface area contributed by atoms with Gasteiger partial charge in [0.2, 0.25) is 0 Å². The second-order valence-corrected chi connectivity index (χ2v) is 6.63. The van der Waals surface area contributed by atoms with Crippen LogP contribution in [0.15, 0.2) is 11.4 Å². The first-order valence-electron chi connectivity index (χ1n) is 5.79. The molecule has 0 saturated carbocycles. The van der Waals surface area contributed by atoms with Gasteiger partial charge in [-0.2, -0.15) is 0 Å². The van der Waals surface area contributed by atoms with Gasteiger partial charge in [0.15, 0.2) is 0 Å². The third-order valence-electron chi connectivity index (χ3n) is 2.49. The Hall–Kier alpha value is -1.00. The van der Waals surface area contributed by atoms with E-state index in [1.54, 1.807) is 11.3 Å². The van der Waals surface area contributed by atoms with E-state index in [9.17, 15) is 0 Å². The molecule has 0 N–H and O–H groups in total. The van der Waals surface area contributed by atoms with Crippen molar-refractivity contribution in [3.05, 3.63) is 38.8 Å². The van der Waals surface area contributed by atoms with Gasteiger partial charge in [-0.3, -0.25) is 0 Å². The lowest BCUT2D eigenvalue weighted by Crippen LogP contribution is -2.15. The van der Waals surface area contributed by atoms with E-state index >= 15 is 0 Å². The van der Waals surface area contributed by atoms with Gasteiger partial charge in [0, 0.05) is 16.5 Å². The lowest BCUT2D eigenvalue weighted by Gasteiger charge is -2.18. The third kappa shape index (κ3) is 3.27. The van der Waals surface area contributed by atoms with Crippen LogP contribution in [-0.2, 0) is 11.8 Å². The number of nitrogens with zero attached hydrogens (tertiary/aromatic N) is 3. The molecule has 0 radical (unpaired) electrons. The van der Waals surface area contributed by atoms with Crippen molar-refractivity contribution in [3.8, 4) is 0 Å². The highest BCUT2D eigenvalue weighted by Gasteiger charge is 2.18. The van der Waals surface area contributed by atoms with Gasteiger partial charge in [0.1, 0.15) is 16.0 Å². The molecule has 0 aliphatic carbocycles. The first-order chi connectivity index (χ1) is 8.34. The average molecular weight is 282 g/mol. The number of thiazole rings is 1. The molecule has 5 heteroatoms. The van der Waals surface area contributed by atoms with E-state index in [-0.39, 0.29) is 5.41 Å². The van der Waals surface area contributed by atoms with Crippen molar-refractivity contribution in [1.82, 2.24) is 15.0 Å². The maximum atomic E-state index is 6.06. The van der Waals surface area contributed by atoms with E-state index in [0.717, 1.165) is 22.2 Å². The average Bonchev–Trinajstić information content (AvgIpc) is 2.61. The third-order valence-corrected chi connectivity index (χ3v) is 3.65. The van der Waals surface area contributed by atoms with Crippen LogP contribution in [0, 0.1) is 6.92 Å². The van der Waals surface area contributed by atoms with Crippen molar-refractivity contribution >= 4 is 22.9 Å². The highest BCUT2D eigenvalue weighted by molar-refractivity contribution is 7.09. The summed E-state index contributed by atoms with van der Waals surface area (Å²) in [6.45, 7) is 8.33. The summed E-state index contributed by atoms with van der Waals surface area (Å²) >= 11 is 7.69. The highest BCUT2D eigenvalue weighted by atomic mass is 35.5. The van der Waals surface area contributed by atoms with Crippen LogP contribution in [0.2, 0.25) is 5.15 Å². The van der Waals surface area contributed by atoms with Gasteiger partial charge in [-0.25, -0.2) is 15.0 Å². The molecule has 2 rings (SSSR count). The molecule has 2 aromatic rings. The molecule has 2 aromatic heterocycles. The Balaban J connectivity index is 2.31. The molecule has 3 nitrogen and oxygen atoms in total. The first kappa shape index (κ1) is 13.4. The monoisotopic (exact) mass is 281 g/mol. The summed E-state index contributed by atoms with van der Waals surface area (Å²) in [6.07, 6.45) is 0.641. The molecule has 18 heavy (non-hydrogen) atoms. The molecule has 96 valence electrons. The molecule has 0 aliphatic heterocycles. The molecule has 0 aliphatic rings. The molecule has 0 bridgehead atoms. The van der Waals surface area contributed by atoms with Crippen LogP contribution in [0.5, 0.6) is 0 Å². The smallest absolute Gasteiger partial charge is 0.137 e. The predicted molar refractivity (Wildman–Crippen MR) is 75.4 cm³/mol. The Morgan fingerprint density at radius 2 is 1.94 bits per heavy atom. The lowest BCUT2D eigenvalue weighted by atomic mass is 9.92. The lowest BCUT2D eigenvalue weighted by molar-refractivity contribution is 0.563. The number of aromatic nitrogens is 3. The van der Waals surface area contributed by atoms with E-state index in [4.69, 9.17) is 11.6 Å². The first-order valence-corrected chi connectivity index (χ1v) is 7.05. The van der Waals surface area contributed by atoms with Crippen LogP contribution in [0.1, 0.15) is 43.0 Å². The molecular formula is C13H16ClN3S. The molecule has 2 heterocycles. The number of aryl methyl sites for hydroxylation is 1. The van der Waals surface area contributed by atoms with Crippen molar-refractivity contribution in [2.75, 3.05) is 0 Å². The van der Waals surface area contributed by atoms with Crippen molar-refractivity contribution in [3.63, 3.8) is 0 Å². The van der Waals surface area contributed by atoms with Crippen LogP contribution >= 0.6 is 22.9 Å². The van der Waals surface area contributed by atoms with E-state index < -0.39 is 0 Å². The Morgan fingerprint density at radius 3 is 2.50 bits per heavy atom. The summed E-state index contributed by atoms with van der Waals surface area (Å²) in [7, 11) is 0. The molecule has 0 amide bonds. The normalized spacial score (nSPS) is 11.8. The molecule has 0 atom stereocenters. The fourth-order valence-electron chi connectivity index (χ4n) is 1.55. The van der Waals surface area contributed by atoms with E-state index in [1.807, 2.05) is 18.4 Å². The summed E-state index contributed by atoms with van der Waals surface area (Å²) in [6, 6.07) is 1.83. The van der Waals surface area contributed by atoms with E-state index in [0.29, 0.717) is 11.6 Å². The summed E-state index contributed by atoms with van der Waals surface area (Å²) in [5.41, 5.74) is 1.97. The minimum absolute atomic E-state index is 0.0277. The van der Waals surface area contributed by atoms with Crippen LogP contribution in [0.3, 0.4) is 0 Å². The van der Waals surface area contributed by atoms with Crippen molar-refractivity contribution < 1.29 is 0 Å². The minimum atomic E-state index is -0.0277. The fraction of sp³-hybridized carbons (Fsp3) is 0.462. The molecule has 0 fully saturated rings. The molecule has 0 spiro atoms. The SMILES string of the molecule is Cc1csc(Cc2nc(Cl)cc(C(C)(C)C)n2)n1. The van der Waals surface area contributed by atoms with Gasteiger partial charge >= 0.3 is 0 Å². The Bertz CT molecular complexity index is 558. The zero-order valence-corrected chi connectivity index (χ0v) is 12.6. The van der Waals surface area contributed by atoms with Crippen molar-refractivity contribution in [2.45, 2.75) is 39.5 Å². The zero-order chi connectivity index (χ0) is 13.3. The van der Waals surface area contributed by atoms with Crippen molar-refractivity contribution in [2.24, 2.45) is 0 Å². The fourth-order valence-corrected chi connectivity index (χ4v) is 2.52. The number of rotatable bonds is 2. The summed E-state index contributed by atoms with van der Waals surface area (Å²) in [5.74, 6) is 0.738. The van der Waals surface area contributed by atoms with Crippen LogP contribution in [0.4, 0.5) is 0 Å². The van der Waals surface area contributed by atoms with Gasteiger partial charge in [-0.1, -0.05) is 32.4 Å². The van der Waals surface area contributed by atoms with Crippen molar-refractivity contribution in [1.29, 1.82) is 0 Å². The second-order valence-electron chi connectivity index (χ2n) is 5.30. The standard InChI is InChI=1S/C13H16ClN3S/c1-8-7-18-12(15-8)6-11-16-9(13(2,3)4)5-10(14)17-11/h5,7H,6H2,1-4H3. The number of hydrogen-bond acceptors (Lipinski definition) is 4. The van der Waals surface area contributed by atoms with Gasteiger partial charge in [-0.15, -0.1) is 11.3 Å². The Morgan fingerprint density at radius 1 is 1.22 bits per heavy atom. The Labute approximate surface area is 116 Å². The molecule has 0 saturated heterocycles. The molecular weight excluding hydrogens is 266 g/mol. The van der Waals surface area contributed by atoms with E-state index in [1.165, 1.54) is 0 Å². The summed E-state index contributed by atoms with van der Waals surface area (Å²) in [4.78, 5) is 13.3. The maximum Gasteiger partial charge on any atom is 0.137 e. The Kier molecular flexibility index (Phi) is 3.69. The predicted octanol–water partition coefficient (Wildman–Crippen LogP) is 3.78. The topological polar surface area (TPSA) is 38.7 Å². The largest absolute Gasteiger partial charge is 0.246 e. The summed E-state index contributed by atoms with van der Waals surface area (Å²) in [5, 5.41) is 3.55. The van der Waals surface area contributed by atoms with Crippen LogP contribution in [0.25, 0.3) is 0 Å². The number of halogens is 1. The highest BCUT2D eigenvalue weighted by Crippen LogP contribution is 2.23. The quantitative estimate of drug-likeness (QED) is 0.786.